The molecule has 1 atom stereocenters. The molecule has 3 N–H and O–H groups in total. The highest BCUT2D eigenvalue weighted by atomic mass is 32.2. The SMILES string of the molecule is CCNC(=NCCCN1CCCCCC1=O)NCCS(=O)(=O)NCC1CCCCO1. The Labute approximate surface area is 181 Å². The number of likely N-dealkylation sites (tertiary alicyclic amines) is 1. The Bertz CT molecular complexity index is 635. The van der Waals surface area contributed by atoms with Crippen LogP contribution in [0.15, 0.2) is 4.99 Å². The molecular weight excluding hydrogens is 406 g/mol. The molecule has 0 aromatic carbocycles. The standard InChI is InChI=1S/C20H39N5O4S/c1-2-21-20(22-11-8-14-25-13-6-3-4-10-19(25)26)23-12-16-30(27,28)24-17-18-9-5-7-15-29-18/h18,24H,2-17H2,1H3,(H2,21,22,23). The lowest BCUT2D eigenvalue weighted by Crippen LogP contribution is -2.42. The Morgan fingerprint density at radius 2 is 2.07 bits per heavy atom. The molecular formula is C20H39N5O4S. The van der Waals surface area contributed by atoms with Crippen molar-refractivity contribution in [1.82, 2.24) is 20.3 Å². The van der Waals surface area contributed by atoms with Crippen molar-refractivity contribution < 1.29 is 17.9 Å². The fourth-order valence-corrected chi connectivity index (χ4v) is 4.59. The van der Waals surface area contributed by atoms with Gasteiger partial charge < -0.3 is 20.3 Å². The van der Waals surface area contributed by atoms with Crippen molar-refractivity contribution in [3.63, 3.8) is 0 Å². The molecule has 1 amide bonds. The Morgan fingerprint density at radius 1 is 1.20 bits per heavy atom. The van der Waals surface area contributed by atoms with E-state index in [9.17, 15) is 13.2 Å². The first-order valence-electron chi connectivity index (χ1n) is 11.4. The van der Waals surface area contributed by atoms with Crippen LogP contribution in [-0.2, 0) is 19.6 Å². The summed E-state index contributed by atoms with van der Waals surface area (Å²) < 4.78 is 32.6. The second-order valence-electron chi connectivity index (χ2n) is 7.89. The third kappa shape index (κ3) is 10.1. The van der Waals surface area contributed by atoms with Gasteiger partial charge in [0.25, 0.3) is 0 Å². The fourth-order valence-electron chi connectivity index (χ4n) is 3.63. The molecule has 2 aliphatic rings. The monoisotopic (exact) mass is 445 g/mol. The van der Waals surface area contributed by atoms with Crippen LogP contribution in [0.4, 0.5) is 0 Å². The predicted molar refractivity (Wildman–Crippen MR) is 119 cm³/mol. The molecule has 0 aliphatic carbocycles. The van der Waals surface area contributed by atoms with Crippen molar-refractivity contribution in [2.24, 2.45) is 4.99 Å². The molecule has 2 saturated heterocycles. The van der Waals surface area contributed by atoms with E-state index in [1.807, 2.05) is 11.8 Å². The Balaban J connectivity index is 1.67. The maximum atomic E-state index is 12.2. The fraction of sp³-hybridized carbons (Fsp3) is 0.900. The second kappa shape index (κ2) is 13.8. The molecule has 0 bridgehead atoms. The Hall–Kier alpha value is -1.39. The van der Waals surface area contributed by atoms with Crippen molar-refractivity contribution in [2.75, 3.05) is 51.6 Å². The highest BCUT2D eigenvalue weighted by Gasteiger charge is 2.18. The summed E-state index contributed by atoms with van der Waals surface area (Å²) in [5.41, 5.74) is 0. The van der Waals surface area contributed by atoms with Gasteiger partial charge in [-0.3, -0.25) is 9.79 Å². The minimum Gasteiger partial charge on any atom is -0.377 e. The van der Waals surface area contributed by atoms with Crippen LogP contribution in [0.1, 0.15) is 58.3 Å². The topological polar surface area (TPSA) is 112 Å². The van der Waals surface area contributed by atoms with Crippen LogP contribution in [0.2, 0.25) is 0 Å². The van der Waals surface area contributed by atoms with Gasteiger partial charge in [-0.05, 0) is 45.4 Å². The summed E-state index contributed by atoms with van der Waals surface area (Å²) in [6.45, 7) is 6.14. The summed E-state index contributed by atoms with van der Waals surface area (Å²) in [6, 6.07) is 0. The van der Waals surface area contributed by atoms with E-state index in [4.69, 9.17) is 4.74 Å². The molecule has 1 unspecified atom stereocenters. The van der Waals surface area contributed by atoms with E-state index in [1.165, 1.54) is 0 Å². The number of aliphatic imine (C=N–C) groups is 1. The van der Waals surface area contributed by atoms with Crippen LogP contribution in [0, 0.1) is 0 Å². The van der Waals surface area contributed by atoms with Crippen molar-refractivity contribution >= 4 is 21.9 Å². The highest BCUT2D eigenvalue weighted by Crippen LogP contribution is 2.12. The van der Waals surface area contributed by atoms with Crippen molar-refractivity contribution in [2.45, 2.75) is 64.4 Å². The summed E-state index contributed by atoms with van der Waals surface area (Å²) in [4.78, 5) is 18.5. The maximum absolute atomic E-state index is 12.2. The molecule has 0 aromatic heterocycles. The average Bonchev–Trinajstić information content (AvgIpc) is 2.94. The molecule has 2 rings (SSSR count). The third-order valence-corrected chi connectivity index (χ3v) is 6.69. The Kier molecular flexibility index (Phi) is 11.5. The zero-order chi connectivity index (χ0) is 21.7. The van der Waals surface area contributed by atoms with Gasteiger partial charge in [-0.15, -0.1) is 0 Å². The smallest absolute Gasteiger partial charge is 0.222 e. The molecule has 30 heavy (non-hydrogen) atoms. The van der Waals surface area contributed by atoms with E-state index < -0.39 is 10.0 Å². The summed E-state index contributed by atoms with van der Waals surface area (Å²) in [7, 11) is -3.36. The largest absolute Gasteiger partial charge is 0.377 e. The summed E-state index contributed by atoms with van der Waals surface area (Å²) in [6.07, 6.45) is 7.67. The number of rotatable bonds is 11. The van der Waals surface area contributed by atoms with Gasteiger partial charge in [-0.2, -0.15) is 0 Å². The molecule has 2 heterocycles. The van der Waals surface area contributed by atoms with E-state index in [0.29, 0.717) is 38.6 Å². The van der Waals surface area contributed by atoms with Crippen molar-refractivity contribution in [1.29, 1.82) is 0 Å². The lowest BCUT2D eigenvalue weighted by molar-refractivity contribution is -0.130. The quantitative estimate of drug-likeness (QED) is 0.247. The van der Waals surface area contributed by atoms with Crippen LogP contribution in [0.25, 0.3) is 0 Å². The zero-order valence-electron chi connectivity index (χ0n) is 18.3. The molecule has 2 fully saturated rings. The molecule has 0 spiro atoms. The second-order valence-corrected chi connectivity index (χ2v) is 9.81. The summed E-state index contributed by atoms with van der Waals surface area (Å²) in [5, 5.41) is 6.21. The van der Waals surface area contributed by atoms with Gasteiger partial charge in [0.05, 0.1) is 11.9 Å². The van der Waals surface area contributed by atoms with E-state index in [1.54, 1.807) is 0 Å². The number of hydrogen-bond donors (Lipinski definition) is 3. The van der Waals surface area contributed by atoms with Crippen molar-refractivity contribution in [3.05, 3.63) is 0 Å². The van der Waals surface area contributed by atoms with Crippen LogP contribution >= 0.6 is 0 Å². The van der Waals surface area contributed by atoms with Crippen LogP contribution in [-0.4, -0.2) is 82.9 Å². The summed E-state index contributed by atoms with van der Waals surface area (Å²) >= 11 is 0. The Morgan fingerprint density at radius 3 is 2.83 bits per heavy atom. The van der Waals surface area contributed by atoms with E-state index >= 15 is 0 Å². The number of nitrogens with one attached hydrogen (secondary N) is 3. The van der Waals surface area contributed by atoms with Crippen molar-refractivity contribution in [3.8, 4) is 0 Å². The van der Waals surface area contributed by atoms with E-state index in [-0.39, 0.29) is 24.3 Å². The molecule has 2 aliphatic heterocycles. The van der Waals surface area contributed by atoms with Crippen LogP contribution in [0.3, 0.4) is 0 Å². The van der Waals surface area contributed by atoms with E-state index in [0.717, 1.165) is 58.0 Å². The first-order valence-corrected chi connectivity index (χ1v) is 13.0. The molecule has 10 heteroatoms. The minimum atomic E-state index is -3.36. The highest BCUT2D eigenvalue weighted by molar-refractivity contribution is 7.89. The molecule has 0 radical (unpaired) electrons. The molecule has 0 saturated carbocycles. The lowest BCUT2D eigenvalue weighted by Gasteiger charge is -2.22. The zero-order valence-corrected chi connectivity index (χ0v) is 19.1. The number of ether oxygens (including phenoxy) is 1. The van der Waals surface area contributed by atoms with Gasteiger partial charge >= 0.3 is 0 Å². The number of hydrogen-bond acceptors (Lipinski definition) is 5. The first kappa shape index (κ1) is 24.9. The molecule has 0 aromatic rings. The number of nitrogens with zero attached hydrogens (tertiary/aromatic N) is 2. The van der Waals surface area contributed by atoms with Gasteiger partial charge in [-0.1, -0.05) is 6.42 Å². The van der Waals surface area contributed by atoms with Crippen LogP contribution < -0.4 is 15.4 Å². The van der Waals surface area contributed by atoms with E-state index in [2.05, 4.69) is 20.3 Å². The van der Waals surface area contributed by atoms with Gasteiger partial charge in [0.2, 0.25) is 15.9 Å². The number of carbonyl (C=O) groups excluding carboxylic acids is 1. The molecule has 174 valence electrons. The number of carbonyl (C=O) groups is 1. The van der Waals surface area contributed by atoms with Gasteiger partial charge in [0.15, 0.2) is 5.96 Å². The number of amides is 1. The molecule has 9 nitrogen and oxygen atoms in total. The minimum absolute atomic E-state index is 0.0172. The average molecular weight is 446 g/mol. The normalized spacial score (nSPS) is 21.4. The number of guanidine groups is 1. The van der Waals surface area contributed by atoms with Crippen LogP contribution in [0.5, 0.6) is 0 Å². The third-order valence-electron chi connectivity index (χ3n) is 5.34. The van der Waals surface area contributed by atoms with Gasteiger partial charge in [-0.25, -0.2) is 13.1 Å². The van der Waals surface area contributed by atoms with Gasteiger partial charge in [0.1, 0.15) is 0 Å². The maximum Gasteiger partial charge on any atom is 0.222 e. The van der Waals surface area contributed by atoms with Gasteiger partial charge in [0, 0.05) is 52.3 Å². The number of sulfonamides is 1. The lowest BCUT2D eigenvalue weighted by atomic mass is 10.1. The summed E-state index contributed by atoms with van der Waals surface area (Å²) in [5.74, 6) is 0.829. The first-order chi connectivity index (χ1) is 14.5. The predicted octanol–water partition coefficient (Wildman–Crippen LogP) is 0.823.